The maximum atomic E-state index is 4.26. The molecule has 0 aromatic carbocycles. The Morgan fingerprint density at radius 2 is 2.29 bits per heavy atom. The van der Waals surface area contributed by atoms with Crippen LogP contribution in [0.2, 0.25) is 0 Å². The molecule has 0 bridgehead atoms. The molecular weight excluding hydrogens is 234 g/mol. The summed E-state index contributed by atoms with van der Waals surface area (Å²) in [6.07, 6.45) is 5.30. The number of aromatic nitrogens is 4. The van der Waals surface area contributed by atoms with E-state index in [1.807, 2.05) is 29.3 Å². The van der Waals surface area contributed by atoms with Crippen molar-refractivity contribution in [2.45, 2.75) is 6.54 Å². The van der Waals surface area contributed by atoms with Crippen molar-refractivity contribution in [3.05, 3.63) is 36.0 Å². The second kappa shape index (κ2) is 4.14. The van der Waals surface area contributed by atoms with Crippen LogP contribution in [0.25, 0.3) is 10.2 Å². The molecule has 0 radical (unpaired) electrons. The van der Waals surface area contributed by atoms with Crippen molar-refractivity contribution in [2.24, 2.45) is 7.05 Å². The number of nitrogens with one attached hydrogen (secondary N) is 1. The lowest BCUT2D eigenvalue weighted by Crippen LogP contribution is -2.06. The highest BCUT2D eigenvalue weighted by atomic mass is 32.1. The summed E-state index contributed by atoms with van der Waals surface area (Å²) < 4.78 is 1.99. The van der Waals surface area contributed by atoms with Gasteiger partial charge < -0.3 is 9.88 Å². The molecule has 6 heteroatoms. The number of hydrogen-bond donors (Lipinski definition) is 1. The minimum atomic E-state index is 0.658. The van der Waals surface area contributed by atoms with Gasteiger partial charge in [0.25, 0.3) is 0 Å². The fraction of sp³-hybridized carbons (Fsp3) is 0.182. The Morgan fingerprint density at radius 1 is 1.35 bits per heavy atom. The number of nitrogens with zero attached hydrogens (tertiary/aromatic N) is 4. The van der Waals surface area contributed by atoms with Gasteiger partial charge in [0.15, 0.2) is 0 Å². The second-order valence-corrected chi connectivity index (χ2v) is 4.56. The normalized spacial score (nSPS) is 10.9. The highest BCUT2D eigenvalue weighted by molar-refractivity contribution is 7.16. The lowest BCUT2D eigenvalue weighted by Gasteiger charge is -2.06. The Balaban J connectivity index is 1.86. The van der Waals surface area contributed by atoms with Gasteiger partial charge >= 0.3 is 0 Å². The van der Waals surface area contributed by atoms with Crippen LogP contribution >= 0.6 is 11.3 Å². The van der Waals surface area contributed by atoms with Crippen LogP contribution in [0.1, 0.15) is 5.82 Å². The van der Waals surface area contributed by atoms with Gasteiger partial charge in [-0.2, -0.15) is 0 Å². The number of fused-ring (bicyclic) bond motifs is 1. The molecule has 3 rings (SSSR count). The van der Waals surface area contributed by atoms with Gasteiger partial charge in [-0.3, -0.25) is 0 Å². The third kappa shape index (κ3) is 1.87. The first-order valence-corrected chi connectivity index (χ1v) is 6.11. The zero-order valence-corrected chi connectivity index (χ0v) is 10.1. The van der Waals surface area contributed by atoms with E-state index in [1.54, 1.807) is 23.9 Å². The summed E-state index contributed by atoms with van der Waals surface area (Å²) in [4.78, 5) is 13.7. The van der Waals surface area contributed by atoms with Crippen molar-refractivity contribution in [3.8, 4) is 0 Å². The number of imidazole rings is 1. The molecule has 86 valence electrons. The highest BCUT2D eigenvalue weighted by Gasteiger charge is 2.05. The van der Waals surface area contributed by atoms with Crippen LogP contribution in [0.5, 0.6) is 0 Å². The first-order valence-electron chi connectivity index (χ1n) is 5.23. The molecule has 17 heavy (non-hydrogen) atoms. The minimum absolute atomic E-state index is 0.658. The third-order valence-corrected chi connectivity index (χ3v) is 3.42. The number of rotatable bonds is 3. The second-order valence-electron chi connectivity index (χ2n) is 3.67. The topological polar surface area (TPSA) is 55.6 Å². The standard InChI is InChI=1S/C11H11N5S/c1-16-4-3-12-9(16)6-13-10-8-2-5-17-11(8)15-7-14-10/h2-5,7H,6H2,1H3,(H,13,14,15). The number of anilines is 1. The van der Waals surface area contributed by atoms with E-state index < -0.39 is 0 Å². The lowest BCUT2D eigenvalue weighted by molar-refractivity contribution is 0.811. The van der Waals surface area contributed by atoms with E-state index in [4.69, 9.17) is 0 Å². The van der Waals surface area contributed by atoms with Gasteiger partial charge in [0, 0.05) is 19.4 Å². The molecule has 0 saturated heterocycles. The lowest BCUT2D eigenvalue weighted by atomic mass is 10.4. The minimum Gasteiger partial charge on any atom is -0.362 e. The molecule has 0 fully saturated rings. The quantitative estimate of drug-likeness (QED) is 0.767. The molecule has 0 atom stereocenters. The molecule has 0 amide bonds. The predicted octanol–water partition coefficient (Wildman–Crippen LogP) is 2.04. The molecule has 5 nitrogen and oxygen atoms in total. The summed E-state index contributed by atoms with van der Waals surface area (Å²) in [6.45, 7) is 0.658. The number of hydrogen-bond acceptors (Lipinski definition) is 5. The maximum absolute atomic E-state index is 4.26. The van der Waals surface area contributed by atoms with E-state index in [1.165, 1.54) is 0 Å². The van der Waals surface area contributed by atoms with E-state index in [0.717, 1.165) is 21.9 Å². The zero-order valence-electron chi connectivity index (χ0n) is 9.29. The van der Waals surface area contributed by atoms with Gasteiger partial charge in [-0.15, -0.1) is 11.3 Å². The molecule has 3 aromatic heterocycles. The van der Waals surface area contributed by atoms with Gasteiger partial charge in [-0.05, 0) is 11.4 Å². The maximum Gasteiger partial charge on any atom is 0.138 e. The van der Waals surface area contributed by atoms with E-state index in [9.17, 15) is 0 Å². The van der Waals surface area contributed by atoms with Crippen LogP contribution in [0.3, 0.4) is 0 Å². The van der Waals surface area contributed by atoms with Crippen molar-refractivity contribution in [1.29, 1.82) is 0 Å². The zero-order chi connectivity index (χ0) is 11.7. The van der Waals surface area contributed by atoms with Crippen molar-refractivity contribution in [1.82, 2.24) is 19.5 Å². The fourth-order valence-electron chi connectivity index (χ4n) is 1.66. The molecule has 0 aliphatic rings. The van der Waals surface area contributed by atoms with E-state index in [2.05, 4.69) is 20.3 Å². The van der Waals surface area contributed by atoms with Crippen LogP contribution in [0.15, 0.2) is 30.2 Å². The first kappa shape index (κ1) is 10.2. The van der Waals surface area contributed by atoms with E-state index in [0.29, 0.717) is 6.54 Å². The SMILES string of the molecule is Cn1ccnc1CNc1ncnc2sccc12. The molecule has 0 saturated carbocycles. The van der Waals surface area contributed by atoms with Gasteiger partial charge in [-0.25, -0.2) is 15.0 Å². The molecule has 0 unspecified atom stereocenters. The molecule has 0 aliphatic carbocycles. The summed E-state index contributed by atoms with van der Waals surface area (Å²) in [5.74, 6) is 1.84. The van der Waals surface area contributed by atoms with Crippen LogP contribution in [-0.4, -0.2) is 19.5 Å². The van der Waals surface area contributed by atoms with Crippen LogP contribution in [-0.2, 0) is 13.6 Å². The van der Waals surface area contributed by atoms with Crippen LogP contribution in [0.4, 0.5) is 5.82 Å². The van der Waals surface area contributed by atoms with E-state index in [-0.39, 0.29) is 0 Å². The smallest absolute Gasteiger partial charge is 0.138 e. The molecule has 1 N–H and O–H groups in total. The Morgan fingerprint density at radius 3 is 3.12 bits per heavy atom. The summed E-state index contributed by atoms with van der Waals surface area (Å²) in [5, 5.41) is 6.37. The van der Waals surface area contributed by atoms with Crippen molar-refractivity contribution < 1.29 is 0 Å². The van der Waals surface area contributed by atoms with Crippen molar-refractivity contribution >= 4 is 27.4 Å². The third-order valence-electron chi connectivity index (χ3n) is 2.60. The molecule has 3 aromatic rings. The summed E-state index contributed by atoms with van der Waals surface area (Å²) in [5.41, 5.74) is 0. The number of thiophene rings is 1. The summed E-state index contributed by atoms with van der Waals surface area (Å²) >= 11 is 1.62. The average molecular weight is 245 g/mol. The van der Waals surface area contributed by atoms with Gasteiger partial charge in [0.05, 0.1) is 11.9 Å². The van der Waals surface area contributed by atoms with Gasteiger partial charge in [-0.1, -0.05) is 0 Å². The first-order chi connectivity index (χ1) is 8.34. The fourth-order valence-corrected chi connectivity index (χ4v) is 2.39. The summed E-state index contributed by atoms with van der Waals surface area (Å²) in [7, 11) is 1.98. The Labute approximate surface area is 102 Å². The monoisotopic (exact) mass is 245 g/mol. The molecule has 0 spiro atoms. The number of aryl methyl sites for hydroxylation is 1. The van der Waals surface area contributed by atoms with Gasteiger partial charge in [0.2, 0.25) is 0 Å². The van der Waals surface area contributed by atoms with E-state index >= 15 is 0 Å². The highest BCUT2D eigenvalue weighted by Crippen LogP contribution is 2.23. The Bertz CT molecular complexity index is 642. The predicted molar refractivity (Wildman–Crippen MR) is 67.9 cm³/mol. The van der Waals surface area contributed by atoms with Crippen LogP contribution < -0.4 is 5.32 Å². The Hall–Kier alpha value is -1.95. The van der Waals surface area contributed by atoms with Crippen molar-refractivity contribution in [2.75, 3.05) is 5.32 Å². The summed E-state index contributed by atoms with van der Waals surface area (Å²) in [6, 6.07) is 2.03. The Kier molecular flexibility index (Phi) is 2.49. The molecule has 3 heterocycles. The molecular formula is C11H11N5S. The average Bonchev–Trinajstić information content (AvgIpc) is 2.95. The molecule has 0 aliphatic heterocycles. The van der Waals surface area contributed by atoms with Gasteiger partial charge in [0.1, 0.15) is 22.8 Å². The van der Waals surface area contributed by atoms with Crippen molar-refractivity contribution in [3.63, 3.8) is 0 Å². The largest absolute Gasteiger partial charge is 0.362 e. The van der Waals surface area contributed by atoms with Crippen LogP contribution in [0, 0.1) is 0 Å².